The number of aromatic nitrogens is 3. The van der Waals surface area contributed by atoms with E-state index in [1.165, 1.54) is 47.4 Å². The minimum atomic E-state index is -4.60. The Morgan fingerprint density at radius 2 is 1.43 bits per heavy atom. The van der Waals surface area contributed by atoms with E-state index in [0.29, 0.717) is 0 Å². The van der Waals surface area contributed by atoms with E-state index in [-0.39, 0.29) is 61.1 Å². The van der Waals surface area contributed by atoms with Gasteiger partial charge < -0.3 is 25.7 Å². The fourth-order valence-corrected chi connectivity index (χ4v) is 4.59. The molecule has 0 saturated carbocycles. The molecular weight excluding hydrogens is 528 g/mol. The first-order valence-corrected chi connectivity index (χ1v) is 13.4. The lowest BCUT2D eigenvalue weighted by atomic mass is 10.2. The van der Waals surface area contributed by atoms with Crippen LogP contribution in [0, 0.1) is 0 Å². The molecule has 1 heterocycles. The first-order valence-electron chi connectivity index (χ1n) is 10.5. The van der Waals surface area contributed by atoms with E-state index in [0.717, 1.165) is 6.07 Å². The van der Waals surface area contributed by atoms with E-state index in [1.54, 1.807) is 0 Å². The van der Waals surface area contributed by atoms with Crippen molar-refractivity contribution in [3.05, 3.63) is 54.6 Å². The highest BCUT2D eigenvalue weighted by Gasteiger charge is 2.19. The van der Waals surface area contributed by atoms with Crippen LogP contribution >= 0.6 is 0 Å². The number of benzene rings is 2. The molecule has 1 aromatic heterocycles. The minimum absolute atomic E-state index is 0.0230. The smallest absolute Gasteiger partial charge is 0.296 e. The molecule has 0 aliphatic rings. The predicted molar refractivity (Wildman–Crippen MR) is 135 cm³/mol. The molecule has 16 heteroatoms. The Balaban J connectivity index is 2.10. The molecule has 0 spiro atoms. The molecule has 14 nitrogen and oxygen atoms in total. The van der Waals surface area contributed by atoms with Gasteiger partial charge in [0.25, 0.3) is 20.2 Å². The molecule has 0 bridgehead atoms. The Morgan fingerprint density at radius 1 is 0.838 bits per heavy atom. The van der Waals surface area contributed by atoms with Gasteiger partial charge in [-0.05, 0) is 29.8 Å². The Hall–Kier alpha value is -3.67. The Kier molecular flexibility index (Phi) is 8.74. The number of hydrogen-bond donors (Lipinski definition) is 6. The van der Waals surface area contributed by atoms with Crippen molar-refractivity contribution < 1.29 is 36.2 Å². The Bertz CT molecular complexity index is 1490. The van der Waals surface area contributed by atoms with Crippen molar-refractivity contribution in [3.8, 4) is 0 Å². The number of rotatable bonds is 12. The molecule has 0 atom stereocenters. The monoisotopic (exact) mass is 552 g/mol. The lowest BCUT2D eigenvalue weighted by Crippen LogP contribution is -2.31. The highest BCUT2D eigenvalue weighted by Crippen LogP contribution is 2.27. The predicted octanol–water partition coefficient (Wildman–Crippen LogP) is 1.29. The summed E-state index contributed by atoms with van der Waals surface area (Å²) in [4.78, 5) is 13.2. The molecular formula is C21H24N6O8S2. The maximum atomic E-state index is 11.8. The van der Waals surface area contributed by atoms with Gasteiger partial charge in [-0.2, -0.15) is 31.8 Å². The minimum Gasteiger partial charge on any atom is -0.395 e. The maximum Gasteiger partial charge on any atom is 0.296 e. The number of para-hydroxylation sites is 1. The zero-order chi connectivity index (χ0) is 27.2. The van der Waals surface area contributed by atoms with Gasteiger partial charge in [0.05, 0.1) is 18.9 Å². The fourth-order valence-electron chi connectivity index (χ4n) is 3.22. The number of aliphatic hydroxyl groups excluding tert-OH is 2. The number of nitrogens with one attached hydrogen (secondary N) is 2. The van der Waals surface area contributed by atoms with Gasteiger partial charge in [0.1, 0.15) is 9.79 Å². The molecule has 0 aliphatic carbocycles. The van der Waals surface area contributed by atoms with Gasteiger partial charge in [0.15, 0.2) is 0 Å². The third-order valence-electron chi connectivity index (χ3n) is 4.83. The van der Waals surface area contributed by atoms with Crippen molar-refractivity contribution in [1.29, 1.82) is 0 Å². The molecule has 2 aromatic carbocycles. The van der Waals surface area contributed by atoms with Crippen molar-refractivity contribution in [2.45, 2.75) is 9.79 Å². The number of anilines is 5. The highest BCUT2D eigenvalue weighted by molar-refractivity contribution is 7.86. The molecule has 6 N–H and O–H groups in total. The van der Waals surface area contributed by atoms with Crippen LogP contribution in [0.15, 0.2) is 58.8 Å². The van der Waals surface area contributed by atoms with Crippen LogP contribution in [0.25, 0.3) is 6.08 Å². The maximum absolute atomic E-state index is 11.8. The van der Waals surface area contributed by atoms with Crippen LogP contribution in [-0.2, 0) is 20.2 Å². The van der Waals surface area contributed by atoms with Gasteiger partial charge in [-0.3, -0.25) is 9.11 Å². The average molecular weight is 553 g/mol. The van der Waals surface area contributed by atoms with E-state index in [9.17, 15) is 36.2 Å². The van der Waals surface area contributed by atoms with Crippen LogP contribution in [0.1, 0.15) is 5.56 Å². The van der Waals surface area contributed by atoms with Gasteiger partial charge >= 0.3 is 0 Å². The summed E-state index contributed by atoms with van der Waals surface area (Å²) in [6.45, 7) is 2.98. The molecule has 198 valence electrons. The van der Waals surface area contributed by atoms with Crippen molar-refractivity contribution in [2.75, 3.05) is 41.8 Å². The second-order valence-corrected chi connectivity index (χ2v) is 10.1. The lowest BCUT2D eigenvalue weighted by molar-refractivity contribution is 0.280. The molecule has 0 saturated heterocycles. The van der Waals surface area contributed by atoms with Crippen LogP contribution in [0.3, 0.4) is 0 Å². The summed E-state index contributed by atoms with van der Waals surface area (Å²) in [7, 11) is -9.18. The molecule has 0 aliphatic heterocycles. The van der Waals surface area contributed by atoms with E-state index in [1.807, 2.05) is 0 Å². The normalized spacial score (nSPS) is 11.7. The molecule has 3 aromatic rings. The second-order valence-electron chi connectivity index (χ2n) is 7.37. The first-order chi connectivity index (χ1) is 17.5. The molecule has 3 rings (SSSR count). The van der Waals surface area contributed by atoms with Crippen molar-refractivity contribution in [1.82, 2.24) is 15.0 Å². The van der Waals surface area contributed by atoms with E-state index < -0.39 is 30.0 Å². The lowest BCUT2D eigenvalue weighted by Gasteiger charge is -2.22. The summed E-state index contributed by atoms with van der Waals surface area (Å²) in [6, 6.07) is 9.47. The molecule has 0 radical (unpaired) electrons. The van der Waals surface area contributed by atoms with Gasteiger partial charge in [-0.1, -0.05) is 30.9 Å². The quantitative estimate of drug-likeness (QED) is 0.175. The third-order valence-corrected chi connectivity index (χ3v) is 6.65. The SMILES string of the molecule is C=Cc1ccc(Nc2nc(Nc3ccccc3S(=O)(=O)O)nc(N(CCO)CCO)n2)cc1S(=O)(=O)O. The second kappa shape index (κ2) is 11.6. The number of nitrogens with zero attached hydrogens (tertiary/aromatic N) is 4. The highest BCUT2D eigenvalue weighted by atomic mass is 32.2. The fraction of sp³-hybridized carbons (Fsp3) is 0.190. The van der Waals surface area contributed by atoms with Crippen LogP contribution in [0.2, 0.25) is 0 Å². The van der Waals surface area contributed by atoms with Crippen LogP contribution in [-0.4, -0.2) is 77.4 Å². The van der Waals surface area contributed by atoms with Crippen molar-refractivity contribution in [3.63, 3.8) is 0 Å². The van der Waals surface area contributed by atoms with Crippen LogP contribution in [0.4, 0.5) is 29.2 Å². The molecule has 0 amide bonds. The summed E-state index contributed by atoms with van der Waals surface area (Å²) in [5.74, 6) is -0.335. The van der Waals surface area contributed by atoms with Gasteiger partial charge in [0, 0.05) is 18.8 Å². The van der Waals surface area contributed by atoms with E-state index in [4.69, 9.17) is 0 Å². The standard InChI is InChI=1S/C21H24N6O8S2/c1-2-14-7-8-15(13-18(14)37(33,34)35)22-19-24-20(26-21(25-19)27(9-11-28)10-12-29)23-16-5-3-4-6-17(16)36(30,31)32/h2-8,13,28-29H,1,9-12H2,(H,30,31,32)(H,33,34,35)(H2,22,23,24,25,26). The summed E-state index contributed by atoms with van der Waals surface area (Å²) < 4.78 is 66.2. The zero-order valence-corrected chi connectivity index (χ0v) is 20.8. The van der Waals surface area contributed by atoms with Crippen molar-refractivity contribution in [2.24, 2.45) is 0 Å². The number of aliphatic hydroxyl groups is 2. The number of hydrogen-bond acceptors (Lipinski definition) is 12. The van der Waals surface area contributed by atoms with Gasteiger partial charge in [-0.15, -0.1) is 0 Å². The van der Waals surface area contributed by atoms with E-state index in [2.05, 4.69) is 32.2 Å². The summed E-state index contributed by atoms with van der Waals surface area (Å²) >= 11 is 0. The Labute approximate surface area is 212 Å². The molecule has 37 heavy (non-hydrogen) atoms. The van der Waals surface area contributed by atoms with Crippen LogP contribution in [0.5, 0.6) is 0 Å². The molecule has 0 unspecified atom stereocenters. The summed E-state index contributed by atoms with van der Waals surface area (Å²) in [6.07, 6.45) is 1.25. The summed E-state index contributed by atoms with van der Waals surface area (Å²) in [5.41, 5.74) is 0.272. The average Bonchev–Trinajstić information content (AvgIpc) is 2.83. The van der Waals surface area contributed by atoms with Crippen LogP contribution < -0.4 is 15.5 Å². The first kappa shape index (κ1) is 27.9. The largest absolute Gasteiger partial charge is 0.395 e. The molecule has 0 fully saturated rings. The summed E-state index contributed by atoms with van der Waals surface area (Å²) in [5, 5.41) is 24.3. The Morgan fingerprint density at radius 3 is 2.00 bits per heavy atom. The van der Waals surface area contributed by atoms with Gasteiger partial charge in [0.2, 0.25) is 17.8 Å². The van der Waals surface area contributed by atoms with Gasteiger partial charge in [-0.25, -0.2) is 0 Å². The third kappa shape index (κ3) is 7.19. The van der Waals surface area contributed by atoms with E-state index >= 15 is 0 Å². The zero-order valence-electron chi connectivity index (χ0n) is 19.2. The topological polar surface area (TPSA) is 215 Å². The van der Waals surface area contributed by atoms with Crippen molar-refractivity contribution >= 4 is 55.5 Å².